The first-order valence-electron chi connectivity index (χ1n) is 7.76. The quantitative estimate of drug-likeness (QED) is 0.650. The van der Waals surface area contributed by atoms with Crippen LogP contribution < -0.4 is 10.2 Å². The Hall–Kier alpha value is -2.60. The van der Waals surface area contributed by atoms with Gasteiger partial charge in [-0.3, -0.25) is 4.79 Å². The first kappa shape index (κ1) is 17.2. The second-order valence-electron chi connectivity index (χ2n) is 5.50. The summed E-state index contributed by atoms with van der Waals surface area (Å²) in [6.07, 6.45) is 1.37. The molecule has 0 unspecified atom stereocenters. The van der Waals surface area contributed by atoms with E-state index in [1.165, 1.54) is 6.20 Å². The smallest absolute Gasteiger partial charge is 0.343 e. The van der Waals surface area contributed by atoms with Gasteiger partial charge >= 0.3 is 5.97 Å². The average molecular weight is 402 g/mol. The highest BCUT2D eigenvalue weighted by Crippen LogP contribution is 2.32. The number of nitrogens with one attached hydrogen (secondary N) is 1. The van der Waals surface area contributed by atoms with Crippen molar-refractivity contribution in [3.05, 3.63) is 68.4 Å². The van der Waals surface area contributed by atoms with Gasteiger partial charge in [0.1, 0.15) is 17.1 Å². The molecule has 3 rings (SSSR count). The molecule has 0 amide bonds. The number of halogens is 1. The highest BCUT2D eigenvalue weighted by atomic mass is 79.9. The fourth-order valence-electron chi connectivity index (χ4n) is 2.39. The van der Waals surface area contributed by atoms with E-state index in [1.807, 2.05) is 31.2 Å². The summed E-state index contributed by atoms with van der Waals surface area (Å²) in [5.74, 6) is 0.501. The van der Waals surface area contributed by atoms with Gasteiger partial charge < -0.3 is 14.5 Å². The normalized spacial score (nSPS) is 10.7. The molecular formula is C19H16BrNO4. The number of ether oxygens (including phenoxy) is 2. The number of carbonyl (C=O) groups is 1. The predicted octanol–water partition coefficient (Wildman–Crippen LogP) is 4.57. The lowest BCUT2D eigenvalue weighted by molar-refractivity contribution is 0.0524. The summed E-state index contributed by atoms with van der Waals surface area (Å²) in [7, 11) is 0. The molecule has 1 aromatic heterocycles. The van der Waals surface area contributed by atoms with E-state index in [2.05, 4.69) is 20.9 Å². The van der Waals surface area contributed by atoms with E-state index in [0.29, 0.717) is 26.9 Å². The molecule has 0 spiro atoms. The van der Waals surface area contributed by atoms with Crippen LogP contribution in [0.4, 0.5) is 0 Å². The van der Waals surface area contributed by atoms with E-state index in [0.717, 1.165) is 5.56 Å². The number of pyridine rings is 1. The van der Waals surface area contributed by atoms with Gasteiger partial charge in [0.2, 0.25) is 5.43 Å². The first-order valence-corrected chi connectivity index (χ1v) is 8.55. The van der Waals surface area contributed by atoms with Gasteiger partial charge in [0.05, 0.1) is 22.0 Å². The van der Waals surface area contributed by atoms with Crippen LogP contribution in [-0.2, 0) is 4.74 Å². The minimum absolute atomic E-state index is 0.0297. The fraction of sp³-hybridized carbons (Fsp3) is 0.158. The number of fused-ring (bicyclic) bond motifs is 1. The number of aromatic nitrogens is 1. The Balaban J connectivity index is 2.06. The number of carbonyl (C=O) groups excluding carboxylic acids is 1. The Morgan fingerprint density at radius 1 is 1.20 bits per heavy atom. The van der Waals surface area contributed by atoms with Gasteiger partial charge in [0.15, 0.2) is 0 Å². The van der Waals surface area contributed by atoms with Crippen LogP contribution in [0.3, 0.4) is 0 Å². The van der Waals surface area contributed by atoms with E-state index in [4.69, 9.17) is 9.47 Å². The van der Waals surface area contributed by atoms with Gasteiger partial charge in [0.25, 0.3) is 0 Å². The summed E-state index contributed by atoms with van der Waals surface area (Å²) in [5.41, 5.74) is 1.30. The molecule has 0 saturated heterocycles. The number of benzene rings is 2. The van der Waals surface area contributed by atoms with Crippen LogP contribution in [0, 0.1) is 6.92 Å². The van der Waals surface area contributed by atoms with Gasteiger partial charge in [-0.1, -0.05) is 17.7 Å². The molecule has 0 aliphatic carbocycles. The Morgan fingerprint density at radius 2 is 1.92 bits per heavy atom. The molecule has 1 heterocycles. The van der Waals surface area contributed by atoms with Gasteiger partial charge in [-0.2, -0.15) is 0 Å². The highest BCUT2D eigenvalue weighted by Gasteiger charge is 2.16. The van der Waals surface area contributed by atoms with E-state index in [1.54, 1.807) is 19.1 Å². The molecule has 128 valence electrons. The Labute approximate surface area is 152 Å². The Bertz CT molecular complexity index is 993. The minimum Gasteiger partial charge on any atom is -0.462 e. The van der Waals surface area contributed by atoms with Crippen molar-refractivity contribution in [3.8, 4) is 11.5 Å². The van der Waals surface area contributed by atoms with Crippen molar-refractivity contribution in [1.29, 1.82) is 0 Å². The molecule has 2 aromatic carbocycles. The molecule has 0 aliphatic rings. The SMILES string of the molecule is CCOC(=O)c1c[nH]c2cc(Br)c(Oc3ccc(C)cc3)cc2c1=O. The highest BCUT2D eigenvalue weighted by molar-refractivity contribution is 9.10. The molecule has 0 aliphatic heterocycles. The van der Waals surface area contributed by atoms with E-state index < -0.39 is 11.4 Å². The number of hydrogen-bond acceptors (Lipinski definition) is 4. The Kier molecular flexibility index (Phi) is 4.90. The van der Waals surface area contributed by atoms with Crippen LogP contribution in [0.1, 0.15) is 22.8 Å². The molecule has 6 heteroatoms. The molecule has 0 bridgehead atoms. The third-order valence-electron chi connectivity index (χ3n) is 3.68. The molecule has 0 saturated carbocycles. The number of esters is 1. The second kappa shape index (κ2) is 7.11. The van der Waals surface area contributed by atoms with Gasteiger partial charge in [-0.15, -0.1) is 0 Å². The van der Waals surface area contributed by atoms with Gasteiger partial charge in [0, 0.05) is 6.20 Å². The standard InChI is InChI=1S/C19H16BrNO4/c1-3-24-19(23)14-10-21-16-9-15(20)17(8-13(16)18(14)22)25-12-6-4-11(2)5-7-12/h4-10H,3H2,1-2H3,(H,21,22). The summed E-state index contributed by atoms with van der Waals surface area (Å²) in [6, 6.07) is 10.9. The first-order chi connectivity index (χ1) is 12.0. The monoisotopic (exact) mass is 401 g/mol. The Morgan fingerprint density at radius 3 is 2.60 bits per heavy atom. The van der Waals surface area contributed by atoms with E-state index in [9.17, 15) is 9.59 Å². The number of hydrogen-bond donors (Lipinski definition) is 1. The molecule has 0 radical (unpaired) electrons. The maximum Gasteiger partial charge on any atom is 0.343 e. The lowest BCUT2D eigenvalue weighted by Crippen LogP contribution is -2.18. The van der Waals surface area contributed by atoms with Crippen LogP contribution >= 0.6 is 15.9 Å². The topological polar surface area (TPSA) is 68.4 Å². The van der Waals surface area contributed by atoms with E-state index in [-0.39, 0.29) is 12.2 Å². The van der Waals surface area contributed by atoms with Crippen molar-refractivity contribution in [2.75, 3.05) is 6.61 Å². The molecule has 1 N–H and O–H groups in total. The van der Waals surface area contributed by atoms with Gasteiger partial charge in [-0.25, -0.2) is 4.79 Å². The zero-order chi connectivity index (χ0) is 18.0. The van der Waals surface area contributed by atoms with Crippen molar-refractivity contribution in [2.24, 2.45) is 0 Å². The lowest BCUT2D eigenvalue weighted by Gasteiger charge is -2.10. The van der Waals surface area contributed by atoms with Crippen LogP contribution in [0.15, 0.2) is 51.9 Å². The number of aromatic amines is 1. The van der Waals surface area contributed by atoms with Crippen LogP contribution in [0.25, 0.3) is 10.9 Å². The number of rotatable bonds is 4. The maximum atomic E-state index is 12.6. The number of aryl methyl sites for hydroxylation is 1. The second-order valence-corrected chi connectivity index (χ2v) is 6.35. The largest absolute Gasteiger partial charge is 0.462 e. The molecular weight excluding hydrogens is 386 g/mol. The van der Waals surface area contributed by atoms with Crippen LogP contribution in [0.2, 0.25) is 0 Å². The van der Waals surface area contributed by atoms with Crippen molar-refractivity contribution in [3.63, 3.8) is 0 Å². The van der Waals surface area contributed by atoms with Crippen molar-refractivity contribution in [1.82, 2.24) is 4.98 Å². The lowest BCUT2D eigenvalue weighted by atomic mass is 10.1. The summed E-state index contributed by atoms with van der Waals surface area (Å²) >= 11 is 3.45. The average Bonchev–Trinajstić information content (AvgIpc) is 2.58. The fourth-order valence-corrected chi connectivity index (χ4v) is 2.82. The van der Waals surface area contributed by atoms with Crippen molar-refractivity contribution in [2.45, 2.75) is 13.8 Å². The van der Waals surface area contributed by atoms with Crippen molar-refractivity contribution >= 4 is 32.8 Å². The maximum absolute atomic E-state index is 12.6. The summed E-state index contributed by atoms with van der Waals surface area (Å²) in [5, 5.41) is 0.357. The number of H-pyrrole nitrogens is 1. The third kappa shape index (κ3) is 3.58. The molecule has 0 fully saturated rings. The third-order valence-corrected chi connectivity index (χ3v) is 4.30. The molecule has 3 aromatic rings. The molecule has 0 atom stereocenters. The van der Waals surface area contributed by atoms with Crippen molar-refractivity contribution < 1.29 is 14.3 Å². The zero-order valence-electron chi connectivity index (χ0n) is 13.8. The zero-order valence-corrected chi connectivity index (χ0v) is 15.3. The minimum atomic E-state index is -0.644. The molecule has 25 heavy (non-hydrogen) atoms. The van der Waals surface area contributed by atoms with Crippen LogP contribution in [-0.4, -0.2) is 17.6 Å². The van der Waals surface area contributed by atoms with E-state index >= 15 is 0 Å². The summed E-state index contributed by atoms with van der Waals surface area (Å²) in [4.78, 5) is 27.5. The molecule has 5 nitrogen and oxygen atoms in total. The summed E-state index contributed by atoms with van der Waals surface area (Å²) < 4.78 is 11.5. The predicted molar refractivity (Wildman–Crippen MR) is 99.5 cm³/mol. The van der Waals surface area contributed by atoms with Crippen LogP contribution in [0.5, 0.6) is 11.5 Å². The van der Waals surface area contributed by atoms with Gasteiger partial charge in [-0.05, 0) is 54.0 Å². The summed E-state index contributed by atoms with van der Waals surface area (Å²) in [6.45, 7) is 3.89.